The lowest BCUT2D eigenvalue weighted by Crippen LogP contribution is -2.33. The summed E-state index contributed by atoms with van der Waals surface area (Å²) >= 11 is 9.63. The molecule has 0 fully saturated rings. The maximum Gasteiger partial charge on any atom is 0.279 e. The number of hydrogen-bond acceptors (Lipinski definition) is 3. The van der Waals surface area contributed by atoms with Crippen LogP contribution in [0.15, 0.2) is 58.5 Å². The zero-order valence-electron chi connectivity index (χ0n) is 13.0. The van der Waals surface area contributed by atoms with Crippen LogP contribution in [0.25, 0.3) is 0 Å². The van der Waals surface area contributed by atoms with E-state index >= 15 is 0 Å². The van der Waals surface area contributed by atoms with E-state index in [0.29, 0.717) is 22.5 Å². The highest BCUT2D eigenvalue weighted by atomic mass is 79.9. The number of aryl methyl sites for hydroxylation is 1. The third-order valence-electron chi connectivity index (χ3n) is 3.89. The van der Waals surface area contributed by atoms with Crippen molar-refractivity contribution in [2.24, 2.45) is 5.10 Å². The van der Waals surface area contributed by atoms with E-state index in [1.807, 2.05) is 25.1 Å². The van der Waals surface area contributed by atoms with Gasteiger partial charge in [0.1, 0.15) is 0 Å². The fourth-order valence-electron chi connectivity index (χ4n) is 2.58. The topological polar surface area (TPSA) is 49.7 Å². The predicted molar refractivity (Wildman–Crippen MR) is 100 cm³/mol. The smallest absolute Gasteiger partial charge is 0.200 e. The molecule has 4 nitrogen and oxygen atoms in total. The van der Waals surface area contributed by atoms with Crippen LogP contribution in [0.1, 0.15) is 17.5 Å². The average Bonchev–Trinajstić information content (AvgIpc) is 3.00. The molecule has 126 valence electrons. The molecule has 1 aliphatic rings. The van der Waals surface area contributed by atoms with Crippen molar-refractivity contribution in [3.8, 4) is 0 Å². The zero-order chi connectivity index (χ0) is 17.3. The third-order valence-corrected chi connectivity index (χ3v) is 6.71. The van der Waals surface area contributed by atoms with Crippen LogP contribution in [-0.4, -0.2) is 29.9 Å². The Hall–Kier alpha value is -1.37. The van der Waals surface area contributed by atoms with E-state index in [4.69, 9.17) is 11.6 Å². The normalized spacial score (nSPS) is 17.9. The minimum atomic E-state index is -3.70. The molecule has 1 unspecified atom stereocenters. The summed E-state index contributed by atoms with van der Waals surface area (Å²) in [6.07, 6.45) is 0.514. The Morgan fingerprint density at radius 1 is 1.21 bits per heavy atom. The van der Waals surface area contributed by atoms with E-state index in [2.05, 4.69) is 21.0 Å². The summed E-state index contributed by atoms with van der Waals surface area (Å²) in [5.41, 5.74) is 2.46. The highest BCUT2D eigenvalue weighted by Crippen LogP contribution is 2.30. The summed E-state index contributed by atoms with van der Waals surface area (Å²) in [5, 5.41) is 5.45. The molecule has 1 heterocycles. The van der Waals surface area contributed by atoms with Crippen LogP contribution in [0.5, 0.6) is 0 Å². The van der Waals surface area contributed by atoms with Gasteiger partial charge in [-0.15, -0.1) is 0 Å². The van der Waals surface area contributed by atoms with Crippen molar-refractivity contribution in [2.75, 3.05) is 5.33 Å². The van der Waals surface area contributed by atoms with Crippen LogP contribution in [0.3, 0.4) is 0 Å². The molecular weight excluding hydrogens is 412 g/mol. The minimum absolute atomic E-state index is 0.239. The molecule has 24 heavy (non-hydrogen) atoms. The number of halogens is 2. The van der Waals surface area contributed by atoms with Crippen LogP contribution in [0.2, 0.25) is 5.02 Å². The van der Waals surface area contributed by atoms with Crippen LogP contribution in [0.4, 0.5) is 0 Å². The maximum atomic E-state index is 12.9. The Bertz CT molecular complexity index is 882. The van der Waals surface area contributed by atoms with Gasteiger partial charge < -0.3 is 0 Å². The van der Waals surface area contributed by atoms with Gasteiger partial charge in [0.2, 0.25) is 0 Å². The maximum absolute atomic E-state index is 12.9. The van der Waals surface area contributed by atoms with Crippen LogP contribution in [-0.2, 0) is 10.0 Å². The largest absolute Gasteiger partial charge is 0.279 e. The average molecular weight is 428 g/mol. The van der Waals surface area contributed by atoms with Gasteiger partial charge in [0.25, 0.3) is 10.0 Å². The van der Waals surface area contributed by atoms with E-state index in [9.17, 15) is 8.42 Å². The summed E-state index contributed by atoms with van der Waals surface area (Å²) in [7, 11) is -3.70. The number of benzene rings is 2. The molecule has 0 saturated carbocycles. The Morgan fingerprint density at radius 2 is 1.88 bits per heavy atom. The Kier molecular flexibility index (Phi) is 4.99. The van der Waals surface area contributed by atoms with Crippen molar-refractivity contribution < 1.29 is 8.42 Å². The molecule has 0 N–H and O–H groups in total. The fourth-order valence-corrected chi connectivity index (χ4v) is 4.97. The lowest BCUT2D eigenvalue weighted by molar-refractivity contribution is 0.389. The highest BCUT2D eigenvalue weighted by molar-refractivity contribution is 9.09. The Morgan fingerprint density at radius 3 is 2.50 bits per heavy atom. The van der Waals surface area contributed by atoms with Gasteiger partial charge in [0.05, 0.1) is 16.6 Å². The van der Waals surface area contributed by atoms with Crippen molar-refractivity contribution >= 4 is 43.3 Å². The lowest BCUT2D eigenvalue weighted by Gasteiger charge is -2.21. The van der Waals surface area contributed by atoms with E-state index in [1.165, 1.54) is 4.41 Å². The Balaban J connectivity index is 2.02. The molecule has 3 rings (SSSR count). The molecule has 2 aromatic rings. The van der Waals surface area contributed by atoms with Crippen molar-refractivity contribution in [3.63, 3.8) is 0 Å². The minimum Gasteiger partial charge on any atom is -0.200 e. The standard InChI is InChI=1S/C17H16BrClN2O2S/c1-12-6-8-14(9-7-12)24(22,23)21-13(11-18)10-17(20-21)15-4-2-3-5-16(15)19/h2-9,13H,10-11H2,1H3. The number of nitrogens with zero attached hydrogens (tertiary/aromatic N) is 2. The van der Waals surface area contributed by atoms with Crippen molar-refractivity contribution in [1.82, 2.24) is 4.41 Å². The second-order valence-electron chi connectivity index (χ2n) is 5.63. The molecule has 0 bridgehead atoms. The summed E-state index contributed by atoms with van der Waals surface area (Å²) in [5.74, 6) is 0. The second kappa shape index (κ2) is 6.86. The van der Waals surface area contributed by atoms with Gasteiger partial charge >= 0.3 is 0 Å². The summed E-state index contributed by atoms with van der Waals surface area (Å²) < 4.78 is 27.1. The predicted octanol–water partition coefficient (Wildman–Crippen LogP) is 4.21. The summed E-state index contributed by atoms with van der Waals surface area (Å²) in [4.78, 5) is 0.239. The summed E-state index contributed by atoms with van der Waals surface area (Å²) in [6, 6.07) is 13.8. The van der Waals surface area contributed by atoms with Crippen LogP contribution >= 0.6 is 27.5 Å². The quantitative estimate of drug-likeness (QED) is 0.686. The molecular formula is C17H16BrClN2O2S. The third kappa shape index (κ3) is 3.23. The van der Waals surface area contributed by atoms with Crippen molar-refractivity contribution in [3.05, 3.63) is 64.7 Å². The number of hydrazone groups is 1. The SMILES string of the molecule is Cc1ccc(S(=O)(=O)N2N=C(c3ccccc3Cl)CC2CBr)cc1. The number of rotatable bonds is 4. The van der Waals surface area contributed by atoms with Crippen molar-refractivity contribution in [2.45, 2.75) is 24.3 Å². The molecule has 0 aliphatic carbocycles. The van der Waals surface area contributed by atoms with Crippen LogP contribution in [0, 0.1) is 6.92 Å². The molecule has 0 aromatic heterocycles. The Labute approximate surface area is 155 Å². The lowest BCUT2D eigenvalue weighted by atomic mass is 10.1. The van der Waals surface area contributed by atoms with Gasteiger partial charge in [0, 0.05) is 22.3 Å². The van der Waals surface area contributed by atoms with Gasteiger partial charge in [-0.05, 0) is 25.1 Å². The highest BCUT2D eigenvalue weighted by Gasteiger charge is 2.36. The summed E-state index contributed by atoms with van der Waals surface area (Å²) in [6.45, 7) is 1.92. The molecule has 0 radical (unpaired) electrons. The first-order valence-corrected chi connectivity index (χ1v) is 10.4. The van der Waals surface area contributed by atoms with E-state index in [1.54, 1.807) is 30.3 Å². The van der Waals surface area contributed by atoms with Crippen LogP contribution < -0.4 is 0 Å². The van der Waals surface area contributed by atoms with Gasteiger partial charge in [-0.2, -0.15) is 17.9 Å². The van der Waals surface area contributed by atoms with E-state index in [-0.39, 0.29) is 10.9 Å². The second-order valence-corrected chi connectivity index (χ2v) is 8.48. The molecule has 0 amide bonds. The molecule has 1 aliphatic heterocycles. The first-order valence-electron chi connectivity index (χ1n) is 7.43. The van der Waals surface area contributed by atoms with Gasteiger partial charge in [-0.3, -0.25) is 0 Å². The van der Waals surface area contributed by atoms with E-state index < -0.39 is 10.0 Å². The molecule has 0 saturated heterocycles. The van der Waals surface area contributed by atoms with Crippen molar-refractivity contribution in [1.29, 1.82) is 0 Å². The van der Waals surface area contributed by atoms with Gasteiger partial charge in [-0.1, -0.05) is 63.4 Å². The monoisotopic (exact) mass is 426 g/mol. The molecule has 0 spiro atoms. The van der Waals surface area contributed by atoms with Gasteiger partial charge in [-0.25, -0.2) is 0 Å². The zero-order valence-corrected chi connectivity index (χ0v) is 16.1. The number of sulfonamides is 1. The molecule has 2 aromatic carbocycles. The first kappa shape index (κ1) is 17.5. The number of hydrogen-bond donors (Lipinski definition) is 0. The fraction of sp³-hybridized carbons (Fsp3) is 0.235. The van der Waals surface area contributed by atoms with E-state index in [0.717, 1.165) is 11.1 Å². The number of alkyl halides is 1. The molecule has 7 heteroatoms. The molecule has 1 atom stereocenters. The first-order chi connectivity index (χ1) is 11.4. The van der Waals surface area contributed by atoms with Gasteiger partial charge in [0.15, 0.2) is 0 Å².